The van der Waals surface area contributed by atoms with Crippen LogP contribution in [-0.2, 0) is 14.3 Å². The molecule has 0 amide bonds. The number of amidine groups is 1. The number of nitrogens with zero attached hydrogens (tertiary/aromatic N) is 4. The van der Waals surface area contributed by atoms with Crippen molar-refractivity contribution in [2.24, 2.45) is 16.3 Å². The molecule has 0 aliphatic carbocycles. The maximum absolute atomic E-state index is 15.3. The Morgan fingerprint density at radius 3 is 2.71 bits per heavy atom. The normalized spacial score (nSPS) is 24.7. The van der Waals surface area contributed by atoms with Gasteiger partial charge in [-0.1, -0.05) is 17.7 Å². The summed E-state index contributed by atoms with van der Waals surface area (Å²) in [4.78, 5) is 37.2. The van der Waals surface area contributed by atoms with Crippen molar-refractivity contribution in [3.05, 3.63) is 62.5 Å². The molecule has 3 atom stereocenters. The van der Waals surface area contributed by atoms with Crippen molar-refractivity contribution in [1.82, 2.24) is 20.1 Å². The zero-order valence-corrected chi connectivity index (χ0v) is 24.1. The third-order valence-electron chi connectivity index (χ3n) is 7.77. The number of carbonyl (C=O) groups excluding carboxylic acids is 1. The number of fused-ring (bicyclic) bond motifs is 1. The third-order valence-corrected chi connectivity index (χ3v) is 8.88. The minimum atomic E-state index is -3.03. The lowest BCUT2D eigenvalue weighted by Gasteiger charge is -2.32. The Bertz CT molecular complexity index is 1420. The first kappa shape index (κ1) is 29.5. The molecule has 0 radical (unpaired) electrons. The number of nitrogens with one attached hydrogen (secondary N) is 1. The molecule has 2 saturated heterocycles. The number of carboxylic acid groups (broad SMARTS) is 1. The average Bonchev–Trinajstić information content (AvgIpc) is 3.62. The van der Waals surface area contributed by atoms with Crippen LogP contribution in [0.2, 0.25) is 5.02 Å². The van der Waals surface area contributed by atoms with Gasteiger partial charge < -0.3 is 20.1 Å². The third kappa shape index (κ3) is 5.72. The first-order valence-corrected chi connectivity index (χ1v) is 14.1. The van der Waals surface area contributed by atoms with Crippen LogP contribution in [0.15, 0.2) is 46.0 Å². The van der Waals surface area contributed by atoms with Gasteiger partial charge in [0.15, 0.2) is 10.8 Å². The summed E-state index contributed by atoms with van der Waals surface area (Å²) in [6.45, 7) is 2.96. The predicted octanol–water partition coefficient (Wildman–Crippen LogP) is 3.82. The number of aromatic nitrogens is 1. The topological polar surface area (TPSA) is 107 Å². The molecule has 4 heterocycles. The Morgan fingerprint density at radius 2 is 2.07 bits per heavy atom. The molecule has 2 aromatic rings. The van der Waals surface area contributed by atoms with E-state index in [0.717, 1.165) is 6.07 Å². The van der Waals surface area contributed by atoms with E-state index in [1.165, 1.54) is 30.6 Å². The van der Waals surface area contributed by atoms with Crippen molar-refractivity contribution >= 4 is 40.7 Å². The Balaban J connectivity index is 1.52. The highest BCUT2D eigenvalue weighted by atomic mass is 35.5. The van der Waals surface area contributed by atoms with Gasteiger partial charge in [-0.25, -0.2) is 22.9 Å². The second-order valence-electron chi connectivity index (χ2n) is 11.1. The lowest BCUT2D eigenvalue weighted by atomic mass is 9.93. The number of esters is 1. The summed E-state index contributed by atoms with van der Waals surface area (Å²) >= 11 is 7.69. The molecule has 2 fully saturated rings. The van der Waals surface area contributed by atoms with Gasteiger partial charge in [0.1, 0.15) is 11.9 Å². The highest BCUT2D eigenvalue weighted by Gasteiger charge is 2.58. The molecule has 1 aromatic carbocycles. The number of hydrogen-bond acceptors (Lipinski definition) is 9. The SMILES string of the molecule is COC(=O)C1=C(CN2CC(F)(F)C3CN(CC(C)(C)C(=O)O)CC32)NC(c2nccs2)=NC1c1ccc(F)cc1Cl. The molecule has 3 aliphatic rings. The zero-order chi connectivity index (χ0) is 29.7. The van der Waals surface area contributed by atoms with E-state index in [9.17, 15) is 19.1 Å². The van der Waals surface area contributed by atoms with E-state index in [1.54, 1.807) is 35.2 Å². The lowest BCUT2D eigenvalue weighted by molar-refractivity contribution is -0.148. The number of likely N-dealkylation sites (tertiary alicyclic amines) is 2. The van der Waals surface area contributed by atoms with Crippen molar-refractivity contribution in [3.63, 3.8) is 0 Å². The molecule has 3 aliphatic heterocycles. The molecule has 41 heavy (non-hydrogen) atoms. The minimum absolute atomic E-state index is 0.0418. The van der Waals surface area contributed by atoms with Gasteiger partial charge in [-0.05, 0) is 26.0 Å². The number of rotatable bonds is 8. The lowest BCUT2D eigenvalue weighted by Crippen LogP contribution is -2.44. The highest BCUT2D eigenvalue weighted by Crippen LogP contribution is 2.44. The van der Waals surface area contributed by atoms with E-state index in [2.05, 4.69) is 15.3 Å². The summed E-state index contributed by atoms with van der Waals surface area (Å²) in [5, 5.41) is 15.0. The van der Waals surface area contributed by atoms with Crippen LogP contribution in [0, 0.1) is 17.2 Å². The summed E-state index contributed by atoms with van der Waals surface area (Å²) in [5.74, 6) is -6.03. The number of carboxylic acids is 1. The van der Waals surface area contributed by atoms with Crippen LogP contribution in [0.3, 0.4) is 0 Å². The molecule has 1 aromatic heterocycles. The van der Waals surface area contributed by atoms with Crippen molar-refractivity contribution in [3.8, 4) is 0 Å². The summed E-state index contributed by atoms with van der Waals surface area (Å²) in [7, 11) is 1.20. The predicted molar refractivity (Wildman–Crippen MR) is 147 cm³/mol. The molecule has 5 rings (SSSR count). The van der Waals surface area contributed by atoms with Crippen LogP contribution in [0.1, 0.15) is 30.5 Å². The fourth-order valence-electron chi connectivity index (χ4n) is 5.76. The summed E-state index contributed by atoms with van der Waals surface area (Å²) in [6.07, 6.45) is 1.58. The van der Waals surface area contributed by atoms with Crippen LogP contribution in [0.5, 0.6) is 0 Å². The second-order valence-corrected chi connectivity index (χ2v) is 12.4. The van der Waals surface area contributed by atoms with Crippen LogP contribution >= 0.6 is 22.9 Å². The molecule has 2 N–H and O–H groups in total. The van der Waals surface area contributed by atoms with Gasteiger partial charge in [0.2, 0.25) is 0 Å². The Hall–Kier alpha value is -3.00. The molecule has 0 spiro atoms. The smallest absolute Gasteiger partial charge is 0.338 e. The molecule has 14 heteroatoms. The van der Waals surface area contributed by atoms with E-state index >= 15 is 8.78 Å². The summed E-state index contributed by atoms with van der Waals surface area (Å²) in [6, 6.07) is 2.15. The van der Waals surface area contributed by atoms with E-state index in [0.29, 0.717) is 22.1 Å². The zero-order valence-electron chi connectivity index (χ0n) is 22.5. The quantitative estimate of drug-likeness (QED) is 0.434. The molecule has 0 saturated carbocycles. The maximum atomic E-state index is 15.3. The van der Waals surface area contributed by atoms with Crippen molar-refractivity contribution in [1.29, 1.82) is 0 Å². The standard InChI is InChI=1S/C27H29ClF3N5O4S/c1-26(2,25(38)39)12-35-9-16-19(11-35)36(13-27(16,30)31)10-18-20(24(37)40-3)21(15-5-4-14(29)8-17(15)28)34-22(33-18)23-32-6-7-41-23/h4-8,16,19,21H,9-13H2,1-3H3,(H,33,34)(H,38,39). The van der Waals surface area contributed by atoms with Crippen molar-refractivity contribution in [2.75, 3.05) is 39.8 Å². The van der Waals surface area contributed by atoms with Crippen molar-refractivity contribution in [2.45, 2.75) is 31.9 Å². The molecular formula is C27H29ClF3N5O4S. The molecule has 3 unspecified atom stereocenters. The Morgan fingerprint density at radius 1 is 1.32 bits per heavy atom. The molecule has 9 nitrogen and oxygen atoms in total. The van der Waals surface area contributed by atoms with Crippen LogP contribution in [-0.4, -0.2) is 89.5 Å². The number of alkyl halides is 2. The Kier molecular flexibility index (Phi) is 7.92. The summed E-state index contributed by atoms with van der Waals surface area (Å²) < 4.78 is 49.6. The number of halogens is 4. The van der Waals surface area contributed by atoms with Gasteiger partial charge in [-0.2, -0.15) is 0 Å². The molecule has 220 valence electrons. The van der Waals surface area contributed by atoms with Crippen molar-refractivity contribution < 1.29 is 32.6 Å². The molecule has 0 bridgehead atoms. The average molecular weight is 612 g/mol. The van der Waals surface area contributed by atoms with Crippen LogP contribution < -0.4 is 5.32 Å². The molecular weight excluding hydrogens is 583 g/mol. The number of hydrogen-bond donors (Lipinski definition) is 2. The number of methoxy groups -OCH3 is 1. The maximum Gasteiger partial charge on any atom is 0.338 e. The minimum Gasteiger partial charge on any atom is -0.481 e. The van der Waals surface area contributed by atoms with E-state index in [4.69, 9.17) is 16.3 Å². The van der Waals surface area contributed by atoms with Gasteiger partial charge in [-0.15, -0.1) is 11.3 Å². The van der Waals surface area contributed by atoms with Crippen LogP contribution in [0.25, 0.3) is 0 Å². The number of aliphatic carboxylic acids is 1. The van der Waals surface area contributed by atoms with Gasteiger partial charge in [-0.3, -0.25) is 14.7 Å². The number of benzene rings is 1. The van der Waals surface area contributed by atoms with E-state index in [-0.39, 0.29) is 36.8 Å². The number of aliphatic imine (C=N–C) groups is 1. The number of thiazole rings is 1. The van der Waals surface area contributed by atoms with Gasteiger partial charge >= 0.3 is 11.9 Å². The summed E-state index contributed by atoms with van der Waals surface area (Å²) in [5.41, 5.74) is -0.405. The largest absolute Gasteiger partial charge is 0.481 e. The van der Waals surface area contributed by atoms with E-state index in [1.807, 2.05) is 0 Å². The fraction of sp³-hybridized carbons (Fsp3) is 0.481. The Labute approximate surface area is 243 Å². The van der Waals surface area contributed by atoms with Gasteiger partial charge in [0.05, 0.1) is 30.6 Å². The second kappa shape index (κ2) is 11.0. The van der Waals surface area contributed by atoms with Gasteiger partial charge in [0, 0.05) is 60.1 Å². The first-order chi connectivity index (χ1) is 19.3. The first-order valence-electron chi connectivity index (χ1n) is 12.9. The number of carbonyl (C=O) groups is 2. The van der Waals surface area contributed by atoms with E-state index < -0.39 is 53.6 Å². The van der Waals surface area contributed by atoms with Crippen LogP contribution in [0.4, 0.5) is 13.2 Å². The fourth-order valence-corrected chi connectivity index (χ4v) is 6.61. The highest BCUT2D eigenvalue weighted by molar-refractivity contribution is 7.11. The monoisotopic (exact) mass is 611 g/mol. The van der Waals surface area contributed by atoms with Gasteiger partial charge in [0.25, 0.3) is 5.92 Å². The number of ether oxygens (including phenoxy) is 1.